The van der Waals surface area contributed by atoms with Gasteiger partial charge in [0.25, 0.3) is 5.91 Å². The zero-order valence-corrected chi connectivity index (χ0v) is 19.5. The van der Waals surface area contributed by atoms with Crippen molar-refractivity contribution in [3.05, 3.63) is 29.3 Å². The van der Waals surface area contributed by atoms with Crippen LogP contribution in [0, 0.1) is 5.82 Å². The summed E-state index contributed by atoms with van der Waals surface area (Å²) in [6.45, 7) is 8.28. The van der Waals surface area contributed by atoms with Crippen molar-refractivity contribution in [3.63, 3.8) is 0 Å². The molecule has 2 aromatic rings. The summed E-state index contributed by atoms with van der Waals surface area (Å²) in [6.07, 6.45) is 5.61. The quantitative estimate of drug-likeness (QED) is 0.627. The van der Waals surface area contributed by atoms with E-state index in [2.05, 4.69) is 20.7 Å². The third kappa shape index (κ3) is 4.26. The molecule has 2 aromatic heterocycles. The minimum Gasteiger partial charge on any atom is -0.465 e. The molecule has 0 aromatic carbocycles. The Morgan fingerprint density at radius 3 is 2.73 bits per heavy atom. The van der Waals surface area contributed by atoms with Crippen molar-refractivity contribution in [2.24, 2.45) is 0 Å². The van der Waals surface area contributed by atoms with E-state index in [0.717, 1.165) is 12.8 Å². The van der Waals surface area contributed by atoms with Crippen molar-refractivity contribution in [1.82, 2.24) is 25.0 Å². The van der Waals surface area contributed by atoms with Gasteiger partial charge in [0.1, 0.15) is 0 Å². The van der Waals surface area contributed by atoms with Gasteiger partial charge in [0.15, 0.2) is 11.6 Å². The van der Waals surface area contributed by atoms with E-state index in [-0.39, 0.29) is 41.5 Å². The molecule has 4 rings (SSSR count). The zero-order chi connectivity index (χ0) is 23.9. The number of halogens is 1. The minimum atomic E-state index is -0.994. The Kier molecular flexibility index (Phi) is 6.02. The van der Waals surface area contributed by atoms with Gasteiger partial charge >= 0.3 is 6.09 Å². The van der Waals surface area contributed by atoms with E-state index >= 15 is 4.39 Å². The maximum Gasteiger partial charge on any atom is 0.408 e. The molecule has 0 bridgehead atoms. The van der Waals surface area contributed by atoms with Crippen LogP contribution < -0.4 is 10.6 Å². The Bertz CT molecular complexity index is 1080. The van der Waals surface area contributed by atoms with Gasteiger partial charge < -0.3 is 15.7 Å². The Balaban J connectivity index is 1.75. The van der Waals surface area contributed by atoms with Gasteiger partial charge in [0, 0.05) is 42.0 Å². The van der Waals surface area contributed by atoms with E-state index in [1.807, 2.05) is 27.7 Å². The molecular weight excluding hydrogens is 427 g/mol. The van der Waals surface area contributed by atoms with Crippen LogP contribution in [0.5, 0.6) is 0 Å². The molecule has 10 heteroatoms. The number of anilines is 1. The molecule has 1 fully saturated rings. The summed E-state index contributed by atoms with van der Waals surface area (Å²) in [5, 5.41) is 20.1. The van der Waals surface area contributed by atoms with Gasteiger partial charge in [-0.25, -0.2) is 14.2 Å². The zero-order valence-electron chi connectivity index (χ0n) is 19.5. The fourth-order valence-electron chi connectivity index (χ4n) is 4.93. The molecule has 178 valence electrons. The lowest BCUT2D eigenvalue weighted by atomic mass is 9.86. The van der Waals surface area contributed by atoms with Crippen LogP contribution >= 0.6 is 0 Å². The first-order chi connectivity index (χ1) is 15.6. The number of aromatic nitrogens is 3. The summed E-state index contributed by atoms with van der Waals surface area (Å²) < 4.78 is 17.2. The smallest absolute Gasteiger partial charge is 0.408 e. The largest absolute Gasteiger partial charge is 0.465 e. The predicted molar refractivity (Wildman–Crippen MR) is 122 cm³/mol. The topological polar surface area (TPSA) is 112 Å². The molecule has 33 heavy (non-hydrogen) atoms. The number of rotatable bonds is 5. The van der Waals surface area contributed by atoms with E-state index in [4.69, 9.17) is 0 Å². The second-order valence-electron chi connectivity index (χ2n) is 9.67. The number of amides is 2. The Labute approximate surface area is 192 Å². The number of hydrogen-bond acceptors (Lipinski definition) is 5. The maximum atomic E-state index is 15.5. The summed E-state index contributed by atoms with van der Waals surface area (Å²) in [5.74, 6) is -0.889. The molecule has 9 nitrogen and oxygen atoms in total. The van der Waals surface area contributed by atoms with Crippen LogP contribution in [0.3, 0.4) is 0 Å². The molecule has 2 atom stereocenters. The molecule has 2 unspecified atom stereocenters. The molecule has 1 aliphatic carbocycles. The summed E-state index contributed by atoms with van der Waals surface area (Å²) in [6, 6.07) is -0.623. The number of pyridine rings is 1. The Morgan fingerprint density at radius 1 is 1.36 bits per heavy atom. The number of fused-ring (bicyclic) bond motifs is 1. The second-order valence-corrected chi connectivity index (χ2v) is 9.67. The van der Waals surface area contributed by atoms with Gasteiger partial charge in [-0.15, -0.1) is 0 Å². The van der Waals surface area contributed by atoms with E-state index in [1.54, 1.807) is 17.1 Å². The first kappa shape index (κ1) is 23.0. The van der Waals surface area contributed by atoms with Gasteiger partial charge in [-0.2, -0.15) is 5.10 Å². The minimum absolute atomic E-state index is 0.0423. The van der Waals surface area contributed by atoms with Crippen LogP contribution in [0.4, 0.5) is 15.0 Å². The fourth-order valence-corrected chi connectivity index (χ4v) is 4.93. The van der Waals surface area contributed by atoms with Gasteiger partial charge in [-0.05, 0) is 40.5 Å². The lowest BCUT2D eigenvalue weighted by Gasteiger charge is -2.45. The molecule has 0 radical (unpaired) electrons. The van der Waals surface area contributed by atoms with E-state index in [1.165, 1.54) is 4.90 Å². The third-order valence-corrected chi connectivity index (χ3v) is 6.43. The van der Waals surface area contributed by atoms with Crippen LogP contribution in [-0.2, 0) is 13.1 Å². The fraction of sp³-hybridized carbons (Fsp3) is 0.565. The van der Waals surface area contributed by atoms with E-state index in [0.29, 0.717) is 30.6 Å². The number of nitrogens with zero attached hydrogens (tertiary/aromatic N) is 4. The van der Waals surface area contributed by atoms with Crippen LogP contribution in [0.2, 0.25) is 0 Å². The molecule has 2 amide bonds. The summed E-state index contributed by atoms with van der Waals surface area (Å²) in [4.78, 5) is 30.6. The highest BCUT2D eigenvalue weighted by Gasteiger charge is 2.40. The molecule has 3 heterocycles. The highest BCUT2D eigenvalue weighted by molar-refractivity contribution is 6.04. The number of carboxylic acid groups (broad SMARTS) is 1. The Hall–Kier alpha value is -3.17. The van der Waals surface area contributed by atoms with Crippen LogP contribution in [-0.4, -0.2) is 54.4 Å². The average Bonchev–Trinajstić information content (AvgIpc) is 3.37. The van der Waals surface area contributed by atoms with Crippen molar-refractivity contribution in [3.8, 4) is 11.3 Å². The number of aryl methyl sites for hydroxylation is 1. The molecule has 0 saturated heterocycles. The molecular formula is C23H31FN6O3. The van der Waals surface area contributed by atoms with Crippen molar-refractivity contribution in [1.29, 1.82) is 0 Å². The molecule has 3 N–H and O–H groups in total. The van der Waals surface area contributed by atoms with Crippen LogP contribution in [0.15, 0.2) is 12.4 Å². The predicted octanol–water partition coefficient (Wildman–Crippen LogP) is 3.85. The normalized spacial score (nSPS) is 20.3. The van der Waals surface area contributed by atoms with Gasteiger partial charge in [-0.1, -0.05) is 12.8 Å². The molecule has 2 aliphatic rings. The highest BCUT2D eigenvalue weighted by atomic mass is 19.1. The summed E-state index contributed by atoms with van der Waals surface area (Å²) in [5.41, 5.74) is 0.913. The summed E-state index contributed by atoms with van der Waals surface area (Å²) in [7, 11) is 0. The number of carbonyl (C=O) groups excluding carboxylic acids is 1. The average molecular weight is 459 g/mol. The van der Waals surface area contributed by atoms with Crippen LogP contribution in [0.1, 0.15) is 69.3 Å². The van der Waals surface area contributed by atoms with Crippen LogP contribution in [0.25, 0.3) is 11.3 Å². The number of nitrogens with one attached hydrogen (secondary N) is 2. The van der Waals surface area contributed by atoms with Crippen molar-refractivity contribution < 1.29 is 19.1 Å². The van der Waals surface area contributed by atoms with Crippen molar-refractivity contribution in [2.75, 3.05) is 5.32 Å². The Morgan fingerprint density at radius 2 is 2.09 bits per heavy atom. The third-order valence-electron chi connectivity index (χ3n) is 6.43. The monoisotopic (exact) mass is 458 g/mol. The lowest BCUT2D eigenvalue weighted by Crippen LogP contribution is -2.58. The lowest BCUT2D eigenvalue weighted by molar-refractivity contribution is 0.0519. The van der Waals surface area contributed by atoms with Crippen molar-refractivity contribution >= 4 is 17.8 Å². The number of hydrogen-bond donors (Lipinski definition) is 3. The molecule has 0 spiro atoms. The highest BCUT2D eigenvalue weighted by Crippen LogP contribution is 2.35. The van der Waals surface area contributed by atoms with Gasteiger partial charge in [0.05, 0.1) is 23.5 Å². The standard InChI is InChI=1S/C23H31FN6O3/c1-5-29-12-13(10-26-29)19-17-14(11-25-21(17)31)18(24)20(28-19)27-15-8-6-7-9-16(15)30(22(32)33)23(2,3)4/h10,12,15-16H,5-9,11H2,1-4H3,(H,25,31)(H,27,28)(H,32,33). The van der Waals surface area contributed by atoms with Gasteiger partial charge in [0.2, 0.25) is 0 Å². The maximum absolute atomic E-state index is 15.5. The first-order valence-corrected chi connectivity index (χ1v) is 11.4. The van der Waals surface area contributed by atoms with Crippen molar-refractivity contribution in [2.45, 2.75) is 84.1 Å². The van der Waals surface area contributed by atoms with E-state index < -0.39 is 17.4 Å². The van der Waals surface area contributed by atoms with E-state index in [9.17, 15) is 14.7 Å². The van der Waals surface area contributed by atoms with Gasteiger partial charge in [-0.3, -0.25) is 14.4 Å². The molecule has 1 saturated carbocycles. The first-order valence-electron chi connectivity index (χ1n) is 11.4. The molecule has 1 aliphatic heterocycles. The number of carbonyl (C=O) groups is 2. The second kappa shape index (κ2) is 8.64. The SMILES string of the molecule is CCn1cc(-c2nc(NC3CCCCC3N(C(=O)O)C(C)(C)C)c(F)c3c2C(=O)NC3)cn1. The summed E-state index contributed by atoms with van der Waals surface area (Å²) >= 11 is 0.